The summed E-state index contributed by atoms with van der Waals surface area (Å²) < 4.78 is 0. The summed E-state index contributed by atoms with van der Waals surface area (Å²) >= 11 is 0. The molecule has 5 nitrogen and oxygen atoms in total. The Labute approximate surface area is 130 Å². The third kappa shape index (κ3) is 3.40. The first-order chi connectivity index (χ1) is 10.6. The molecule has 2 N–H and O–H groups in total. The minimum absolute atomic E-state index is 0.0647. The van der Waals surface area contributed by atoms with Crippen LogP contribution in [0.1, 0.15) is 43.7 Å². The van der Waals surface area contributed by atoms with E-state index >= 15 is 0 Å². The van der Waals surface area contributed by atoms with Crippen LogP contribution < -0.4 is 5.32 Å². The highest BCUT2D eigenvalue weighted by molar-refractivity contribution is 5.86. The van der Waals surface area contributed by atoms with Crippen molar-refractivity contribution in [1.29, 1.82) is 0 Å². The van der Waals surface area contributed by atoms with Gasteiger partial charge >= 0.3 is 6.09 Å². The zero-order valence-corrected chi connectivity index (χ0v) is 12.6. The summed E-state index contributed by atoms with van der Waals surface area (Å²) in [5.74, 6) is 0.513. The van der Waals surface area contributed by atoms with Gasteiger partial charge in [0.2, 0.25) is 5.91 Å². The lowest BCUT2D eigenvalue weighted by Gasteiger charge is -2.32. The quantitative estimate of drug-likeness (QED) is 0.898. The standard InChI is InChI=1S/C17H22N2O3/c20-16-14(18-17(21)22)7-4-8-15(13-5-2-1-3-6-13)19(16)11-12-9-10-12/h1-3,5-6,12,14-15,18H,4,7-11H2,(H,21,22)/t14-,15-/m0/s1. The van der Waals surface area contributed by atoms with Gasteiger partial charge in [-0.15, -0.1) is 0 Å². The summed E-state index contributed by atoms with van der Waals surface area (Å²) in [6.07, 6.45) is 3.53. The van der Waals surface area contributed by atoms with Crippen molar-refractivity contribution in [3.8, 4) is 0 Å². The molecule has 5 heteroatoms. The molecule has 0 unspecified atom stereocenters. The number of carbonyl (C=O) groups is 2. The number of hydrogen-bond donors (Lipinski definition) is 2. The van der Waals surface area contributed by atoms with Crippen LogP contribution in [-0.2, 0) is 4.79 Å². The Bertz CT molecular complexity index is 542. The van der Waals surface area contributed by atoms with Crippen LogP contribution >= 0.6 is 0 Å². The molecule has 1 aliphatic carbocycles. The molecule has 0 spiro atoms. The Morgan fingerprint density at radius 3 is 2.55 bits per heavy atom. The molecule has 2 fully saturated rings. The van der Waals surface area contributed by atoms with Crippen LogP contribution in [0.25, 0.3) is 0 Å². The Hall–Kier alpha value is -2.04. The summed E-state index contributed by atoms with van der Waals surface area (Å²) in [5.41, 5.74) is 1.15. The highest BCUT2D eigenvalue weighted by Crippen LogP contribution is 2.36. The Kier molecular flexibility index (Phi) is 4.32. The fourth-order valence-electron chi connectivity index (χ4n) is 3.25. The van der Waals surface area contributed by atoms with Gasteiger partial charge in [-0.2, -0.15) is 0 Å². The van der Waals surface area contributed by atoms with E-state index in [0.717, 1.165) is 24.9 Å². The number of nitrogens with zero attached hydrogens (tertiary/aromatic N) is 1. The number of amides is 2. The molecular formula is C17H22N2O3. The van der Waals surface area contributed by atoms with Crippen LogP contribution in [0.3, 0.4) is 0 Å². The van der Waals surface area contributed by atoms with Crippen molar-refractivity contribution in [2.24, 2.45) is 5.92 Å². The van der Waals surface area contributed by atoms with Crippen LogP contribution in [0.4, 0.5) is 4.79 Å². The van der Waals surface area contributed by atoms with Crippen LogP contribution in [0.15, 0.2) is 30.3 Å². The molecular weight excluding hydrogens is 280 g/mol. The molecule has 118 valence electrons. The van der Waals surface area contributed by atoms with Gasteiger partial charge < -0.3 is 15.3 Å². The van der Waals surface area contributed by atoms with Crippen LogP contribution in [0.2, 0.25) is 0 Å². The summed E-state index contributed by atoms with van der Waals surface area (Å²) in [7, 11) is 0. The van der Waals surface area contributed by atoms with E-state index in [1.165, 1.54) is 12.8 Å². The van der Waals surface area contributed by atoms with Gasteiger partial charge in [0.1, 0.15) is 6.04 Å². The molecule has 2 atom stereocenters. The second kappa shape index (κ2) is 6.38. The number of carboxylic acid groups (broad SMARTS) is 1. The van der Waals surface area contributed by atoms with E-state index in [9.17, 15) is 9.59 Å². The second-order valence-electron chi connectivity index (χ2n) is 6.29. The summed E-state index contributed by atoms with van der Waals surface area (Å²) in [4.78, 5) is 25.7. The van der Waals surface area contributed by atoms with E-state index in [1.54, 1.807) is 0 Å². The first-order valence-electron chi connectivity index (χ1n) is 8.00. The molecule has 1 aromatic rings. The lowest BCUT2D eigenvalue weighted by Crippen LogP contribution is -2.48. The van der Waals surface area contributed by atoms with Gasteiger partial charge in [-0.25, -0.2) is 4.79 Å². The Morgan fingerprint density at radius 2 is 1.91 bits per heavy atom. The third-order valence-corrected chi connectivity index (χ3v) is 4.56. The number of benzene rings is 1. The van der Waals surface area contributed by atoms with Crippen LogP contribution in [-0.4, -0.2) is 34.6 Å². The molecule has 2 amide bonds. The third-order valence-electron chi connectivity index (χ3n) is 4.56. The van der Waals surface area contributed by atoms with Gasteiger partial charge in [0, 0.05) is 6.54 Å². The topological polar surface area (TPSA) is 69.6 Å². The summed E-state index contributed by atoms with van der Waals surface area (Å²) in [6.45, 7) is 0.746. The van der Waals surface area contributed by atoms with Gasteiger partial charge in [0.15, 0.2) is 0 Å². The highest BCUT2D eigenvalue weighted by atomic mass is 16.4. The normalized spacial score (nSPS) is 25.6. The number of nitrogens with one attached hydrogen (secondary N) is 1. The highest BCUT2D eigenvalue weighted by Gasteiger charge is 2.37. The zero-order valence-electron chi connectivity index (χ0n) is 12.6. The van der Waals surface area contributed by atoms with E-state index in [2.05, 4.69) is 17.4 Å². The van der Waals surface area contributed by atoms with E-state index in [1.807, 2.05) is 23.1 Å². The largest absolute Gasteiger partial charge is 0.465 e. The van der Waals surface area contributed by atoms with Gasteiger partial charge in [-0.1, -0.05) is 30.3 Å². The molecule has 0 aromatic heterocycles. The van der Waals surface area contributed by atoms with Crippen LogP contribution in [0, 0.1) is 5.92 Å². The lowest BCUT2D eigenvalue weighted by atomic mass is 10.0. The lowest BCUT2D eigenvalue weighted by molar-refractivity contribution is -0.135. The second-order valence-corrected chi connectivity index (χ2v) is 6.29. The molecule has 1 aliphatic heterocycles. The molecule has 0 radical (unpaired) electrons. The predicted octanol–water partition coefficient (Wildman–Crippen LogP) is 2.79. The molecule has 22 heavy (non-hydrogen) atoms. The number of carbonyl (C=O) groups excluding carboxylic acids is 1. The molecule has 1 aromatic carbocycles. The first-order valence-corrected chi connectivity index (χ1v) is 8.00. The maximum Gasteiger partial charge on any atom is 0.405 e. The van der Waals surface area contributed by atoms with E-state index < -0.39 is 12.1 Å². The van der Waals surface area contributed by atoms with Crippen molar-refractivity contribution in [3.05, 3.63) is 35.9 Å². The predicted molar refractivity (Wildman–Crippen MR) is 82.4 cm³/mol. The minimum Gasteiger partial charge on any atom is -0.465 e. The fraction of sp³-hybridized carbons (Fsp3) is 0.529. The van der Waals surface area contributed by atoms with Crippen molar-refractivity contribution in [1.82, 2.24) is 10.2 Å². The Morgan fingerprint density at radius 1 is 1.18 bits per heavy atom. The summed E-state index contributed by atoms with van der Waals surface area (Å²) in [5, 5.41) is 11.3. The number of likely N-dealkylation sites (tertiary alicyclic amines) is 1. The molecule has 1 saturated carbocycles. The first kappa shape index (κ1) is 14.9. The fourth-order valence-corrected chi connectivity index (χ4v) is 3.25. The number of hydrogen-bond acceptors (Lipinski definition) is 2. The van der Waals surface area contributed by atoms with Crippen molar-refractivity contribution in [2.45, 2.75) is 44.2 Å². The van der Waals surface area contributed by atoms with Crippen molar-refractivity contribution >= 4 is 12.0 Å². The minimum atomic E-state index is -1.12. The monoisotopic (exact) mass is 302 g/mol. The zero-order chi connectivity index (χ0) is 15.5. The molecule has 1 saturated heterocycles. The maximum atomic E-state index is 12.8. The average Bonchev–Trinajstić information content (AvgIpc) is 3.33. The van der Waals surface area contributed by atoms with Gasteiger partial charge in [-0.3, -0.25) is 4.79 Å². The average molecular weight is 302 g/mol. The van der Waals surface area contributed by atoms with Crippen molar-refractivity contribution in [2.75, 3.05) is 6.54 Å². The molecule has 3 rings (SSSR count). The molecule has 0 bridgehead atoms. The molecule has 1 heterocycles. The van der Waals surface area contributed by atoms with E-state index in [-0.39, 0.29) is 11.9 Å². The van der Waals surface area contributed by atoms with Gasteiger partial charge in [0.05, 0.1) is 6.04 Å². The van der Waals surface area contributed by atoms with Gasteiger partial charge in [-0.05, 0) is 43.6 Å². The smallest absolute Gasteiger partial charge is 0.405 e. The SMILES string of the molecule is O=C(O)N[C@H]1CCC[C@@H](c2ccccc2)N(CC2CC2)C1=O. The van der Waals surface area contributed by atoms with Crippen molar-refractivity contribution < 1.29 is 14.7 Å². The van der Waals surface area contributed by atoms with Crippen LogP contribution in [0.5, 0.6) is 0 Å². The van der Waals surface area contributed by atoms with E-state index in [0.29, 0.717) is 12.3 Å². The maximum absolute atomic E-state index is 12.8. The summed E-state index contributed by atoms with van der Waals surface area (Å²) in [6, 6.07) is 9.54. The van der Waals surface area contributed by atoms with Crippen molar-refractivity contribution in [3.63, 3.8) is 0 Å². The Balaban J connectivity index is 1.84. The van der Waals surface area contributed by atoms with E-state index in [4.69, 9.17) is 5.11 Å². The molecule has 2 aliphatic rings. The number of rotatable bonds is 4. The van der Waals surface area contributed by atoms with Gasteiger partial charge in [0.25, 0.3) is 0 Å².